The molecule has 0 aromatic heterocycles. The van der Waals surface area contributed by atoms with E-state index in [0.717, 1.165) is 0 Å². The maximum atomic E-state index is 14.4. The largest absolute Gasteiger partial charge is 0.487 e. The van der Waals surface area contributed by atoms with Crippen LogP contribution in [0.25, 0.3) is 0 Å². The molecule has 49 heavy (non-hydrogen) atoms. The number of alkyl halides is 2. The van der Waals surface area contributed by atoms with Crippen molar-refractivity contribution in [2.45, 2.75) is 75.6 Å². The molecule has 5 atom stereocenters. The Morgan fingerprint density at radius 1 is 1.02 bits per heavy atom. The second-order valence-corrected chi connectivity index (χ2v) is 11.2. The minimum absolute atomic E-state index is 0.00137. The van der Waals surface area contributed by atoms with E-state index in [9.17, 15) is 48.8 Å². The summed E-state index contributed by atoms with van der Waals surface area (Å²) in [5.41, 5.74) is 0. The summed E-state index contributed by atoms with van der Waals surface area (Å²) in [4.78, 5) is 52.8. The first kappa shape index (κ1) is 40.6. The third kappa shape index (κ3) is 18.0. The fraction of sp³-hybridized carbons (Fsp3) is 0.613. The minimum atomic E-state index is -3.27. The van der Waals surface area contributed by atoms with Crippen molar-refractivity contribution in [1.82, 2.24) is 5.32 Å². The Labute approximate surface area is 281 Å². The van der Waals surface area contributed by atoms with Gasteiger partial charge in [-0.25, -0.2) is 4.79 Å². The summed E-state index contributed by atoms with van der Waals surface area (Å²) in [6.45, 7) is -1.59. The highest BCUT2D eigenvalue weighted by atomic mass is 19.3. The van der Waals surface area contributed by atoms with Gasteiger partial charge in [-0.3, -0.25) is 4.79 Å². The molecule has 1 fully saturated rings. The van der Waals surface area contributed by atoms with Crippen LogP contribution >= 0.6 is 0 Å². The van der Waals surface area contributed by atoms with Crippen LogP contribution in [0.2, 0.25) is 0 Å². The standard InChI is InChI=1S/C31H43F2N3O13/c32-31(33,22-47-23-10-4-3-5-11-23)16-15-26-25(27(37)20-28(26)38)13-6-1-2-7-14-29(39)45-19-17-34-30(40)46-18-9-8-12-24(49-36(43)44)21-48-35(41)42/h1,3-6,10-11,15-16,24-28,37-38H,2,7-9,12-14,17-22H2,(H,34,40)/b6-1+,16-15+/t24?,25-,26-,27+,28-/m1/s1. The van der Waals surface area contributed by atoms with E-state index in [2.05, 4.69) is 15.0 Å². The Hall–Kier alpha value is -4.58. The number of nitrogens with zero attached hydrogens (tertiary/aromatic N) is 2. The molecule has 3 N–H and O–H groups in total. The third-order valence-electron chi connectivity index (χ3n) is 7.37. The number of para-hydroxylation sites is 1. The number of esters is 1. The summed E-state index contributed by atoms with van der Waals surface area (Å²) in [6, 6.07) is 8.23. The molecule has 1 amide bonds. The second kappa shape index (κ2) is 22.1. The van der Waals surface area contributed by atoms with Crippen LogP contribution in [0, 0.1) is 32.1 Å². The molecular weight excluding hydrogens is 660 g/mol. The van der Waals surface area contributed by atoms with Crippen LogP contribution in [0.1, 0.15) is 51.4 Å². The highest BCUT2D eigenvalue weighted by Gasteiger charge is 2.40. The van der Waals surface area contributed by atoms with E-state index in [1.54, 1.807) is 42.5 Å². The number of carbonyl (C=O) groups excluding carboxylic acids is 2. The van der Waals surface area contributed by atoms with Crippen LogP contribution in [0.15, 0.2) is 54.6 Å². The lowest BCUT2D eigenvalue weighted by molar-refractivity contribution is -0.790. The van der Waals surface area contributed by atoms with E-state index in [1.165, 1.54) is 6.08 Å². The zero-order chi connectivity index (χ0) is 36.1. The number of rotatable bonds is 24. The van der Waals surface area contributed by atoms with Gasteiger partial charge >= 0.3 is 12.1 Å². The van der Waals surface area contributed by atoms with Gasteiger partial charge < -0.3 is 39.4 Å². The van der Waals surface area contributed by atoms with Crippen LogP contribution in [0.3, 0.4) is 0 Å². The van der Waals surface area contributed by atoms with E-state index in [-0.39, 0.29) is 39.0 Å². The maximum Gasteiger partial charge on any atom is 0.407 e. The van der Waals surface area contributed by atoms with Gasteiger partial charge in [0.25, 0.3) is 16.1 Å². The van der Waals surface area contributed by atoms with Crippen molar-refractivity contribution in [3.63, 3.8) is 0 Å². The van der Waals surface area contributed by atoms with E-state index < -0.39 is 71.5 Å². The van der Waals surface area contributed by atoms with Gasteiger partial charge in [0.05, 0.1) is 25.4 Å². The number of nitrogens with one attached hydrogen (secondary N) is 1. The number of carbonyl (C=O) groups is 2. The van der Waals surface area contributed by atoms with Crippen LogP contribution in [0.5, 0.6) is 5.75 Å². The van der Waals surface area contributed by atoms with Gasteiger partial charge in [-0.2, -0.15) is 8.78 Å². The predicted molar refractivity (Wildman–Crippen MR) is 166 cm³/mol. The number of unbranched alkanes of at least 4 members (excludes halogenated alkanes) is 2. The van der Waals surface area contributed by atoms with Gasteiger partial charge in [0, 0.05) is 18.8 Å². The van der Waals surface area contributed by atoms with Crippen LogP contribution in [-0.2, 0) is 23.9 Å². The van der Waals surface area contributed by atoms with Gasteiger partial charge in [-0.05, 0) is 62.7 Å². The summed E-state index contributed by atoms with van der Waals surface area (Å²) in [5.74, 6) is -4.56. The molecule has 18 heteroatoms. The Kier molecular flexibility index (Phi) is 18.3. The number of alkyl carbamates (subject to hydrolysis) is 1. The average Bonchev–Trinajstić information content (AvgIpc) is 3.32. The topological polar surface area (TPSA) is 219 Å². The third-order valence-corrected chi connectivity index (χ3v) is 7.37. The molecule has 0 radical (unpaired) electrons. The Bertz CT molecular complexity index is 1220. The lowest BCUT2D eigenvalue weighted by atomic mass is 9.89. The van der Waals surface area contributed by atoms with Gasteiger partial charge in [0.2, 0.25) is 0 Å². The van der Waals surface area contributed by atoms with Gasteiger partial charge in [0.15, 0.2) is 6.61 Å². The molecule has 274 valence electrons. The van der Waals surface area contributed by atoms with E-state index in [4.69, 9.17) is 14.2 Å². The molecule has 2 rings (SSSR count). The van der Waals surface area contributed by atoms with E-state index >= 15 is 0 Å². The van der Waals surface area contributed by atoms with E-state index in [0.29, 0.717) is 43.9 Å². The Balaban J connectivity index is 1.56. The summed E-state index contributed by atoms with van der Waals surface area (Å²) < 4.78 is 43.9. The van der Waals surface area contributed by atoms with Crippen molar-refractivity contribution in [2.24, 2.45) is 11.8 Å². The summed E-state index contributed by atoms with van der Waals surface area (Å²) in [6.07, 6.45) is 4.01. The van der Waals surface area contributed by atoms with Crippen molar-refractivity contribution in [3.05, 3.63) is 74.9 Å². The second-order valence-electron chi connectivity index (χ2n) is 11.2. The molecule has 1 aromatic carbocycles. The van der Waals surface area contributed by atoms with Crippen LogP contribution < -0.4 is 10.1 Å². The number of halogens is 2. The van der Waals surface area contributed by atoms with Crippen molar-refractivity contribution in [1.29, 1.82) is 0 Å². The fourth-order valence-electron chi connectivity index (χ4n) is 4.95. The fourth-order valence-corrected chi connectivity index (χ4v) is 4.95. The molecule has 16 nitrogen and oxygen atoms in total. The number of ether oxygens (including phenoxy) is 3. The quantitative estimate of drug-likeness (QED) is 0.0457. The average molecular weight is 704 g/mol. The molecular formula is C31H43F2N3O13. The maximum absolute atomic E-state index is 14.4. The van der Waals surface area contributed by atoms with Gasteiger partial charge in [-0.15, -0.1) is 20.2 Å². The predicted octanol–water partition coefficient (Wildman–Crippen LogP) is 3.96. The number of allylic oxidation sites excluding steroid dienone is 2. The molecule has 0 spiro atoms. The van der Waals surface area contributed by atoms with Gasteiger partial charge in [-0.1, -0.05) is 36.4 Å². The molecule has 0 saturated heterocycles. The zero-order valence-electron chi connectivity index (χ0n) is 26.8. The number of hydrogen-bond acceptors (Lipinski definition) is 13. The number of hydrogen-bond donors (Lipinski definition) is 3. The summed E-state index contributed by atoms with van der Waals surface area (Å²) in [7, 11) is 0. The molecule has 0 bridgehead atoms. The lowest BCUT2D eigenvalue weighted by Gasteiger charge is -2.20. The first-order chi connectivity index (χ1) is 23.4. The Morgan fingerprint density at radius 2 is 1.78 bits per heavy atom. The van der Waals surface area contributed by atoms with Gasteiger partial charge in [0.1, 0.15) is 25.1 Å². The molecule has 0 heterocycles. The summed E-state index contributed by atoms with van der Waals surface area (Å²) >= 11 is 0. The number of aliphatic hydroxyl groups excluding tert-OH is 2. The SMILES string of the molecule is O=C(CCC/C=C/C[C@@H]1[C@@H](/C=C/C(F)(F)COc2ccccc2)[C@H](O)C[C@@H]1O)OCCNC(=O)OCCCCC(CO[N+](=O)[O-])O[N+](=O)[O-]. The highest BCUT2D eigenvalue weighted by Crippen LogP contribution is 2.37. The molecule has 1 saturated carbocycles. The minimum Gasteiger partial charge on any atom is -0.487 e. The zero-order valence-corrected chi connectivity index (χ0v) is 26.8. The first-order valence-electron chi connectivity index (χ1n) is 15.8. The first-order valence-corrected chi connectivity index (χ1v) is 15.8. The lowest BCUT2D eigenvalue weighted by Crippen LogP contribution is -2.29. The monoisotopic (exact) mass is 703 g/mol. The highest BCUT2D eigenvalue weighted by molar-refractivity contribution is 5.69. The normalized spacial score (nSPS) is 19.8. The number of benzene rings is 1. The Morgan fingerprint density at radius 3 is 2.49 bits per heavy atom. The van der Waals surface area contributed by atoms with Crippen molar-refractivity contribution in [2.75, 3.05) is 33.0 Å². The molecule has 1 aliphatic rings. The number of aliphatic hydroxyl groups is 2. The van der Waals surface area contributed by atoms with Crippen LogP contribution in [-0.4, -0.2) is 89.7 Å². The van der Waals surface area contributed by atoms with Crippen LogP contribution in [0.4, 0.5) is 13.6 Å². The van der Waals surface area contributed by atoms with E-state index in [1.807, 2.05) is 0 Å². The molecule has 1 aromatic rings. The molecule has 1 unspecified atom stereocenters. The number of amides is 1. The smallest absolute Gasteiger partial charge is 0.407 e. The van der Waals surface area contributed by atoms with Crippen molar-refractivity contribution >= 4 is 12.1 Å². The summed E-state index contributed by atoms with van der Waals surface area (Å²) in [5, 5.41) is 41.6. The van der Waals surface area contributed by atoms with Crippen molar-refractivity contribution < 1.29 is 62.6 Å². The van der Waals surface area contributed by atoms with Crippen molar-refractivity contribution in [3.8, 4) is 5.75 Å². The molecule has 1 aliphatic carbocycles. The molecule has 0 aliphatic heterocycles.